The molecule has 6 nitrogen and oxygen atoms in total. The number of benzene rings is 1. The Labute approximate surface area is 144 Å². The van der Waals surface area contributed by atoms with E-state index in [4.69, 9.17) is 0 Å². The Morgan fingerprint density at radius 2 is 1.88 bits per heavy atom. The first kappa shape index (κ1) is 18.3. The Hall–Kier alpha value is -2.02. The lowest BCUT2D eigenvalue weighted by Gasteiger charge is -2.29. The summed E-state index contributed by atoms with van der Waals surface area (Å²) >= 11 is 0. The van der Waals surface area contributed by atoms with Crippen LogP contribution in [0.15, 0.2) is 36.9 Å². The highest BCUT2D eigenvalue weighted by atomic mass is 32.2. The Morgan fingerprint density at radius 3 is 2.42 bits per heavy atom. The number of sulfonamides is 1. The van der Waals surface area contributed by atoms with Crippen LogP contribution >= 0.6 is 0 Å². The van der Waals surface area contributed by atoms with E-state index in [0.717, 1.165) is 29.3 Å². The van der Waals surface area contributed by atoms with Gasteiger partial charge in [0.15, 0.2) is 0 Å². The van der Waals surface area contributed by atoms with E-state index in [1.165, 1.54) is 19.3 Å². The van der Waals surface area contributed by atoms with Gasteiger partial charge in [0, 0.05) is 25.3 Å². The van der Waals surface area contributed by atoms with Gasteiger partial charge in [-0.2, -0.15) is 0 Å². The molecule has 1 aliphatic heterocycles. The van der Waals surface area contributed by atoms with E-state index < -0.39 is 10.0 Å². The van der Waals surface area contributed by atoms with Gasteiger partial charge in [-0.25, -0.2) is 8.42 Å². The summed E-state index contributed by atoms with van der Waals surface area (Å²) in [7, 11) is -3.54. The minimum atomic E-state index is -3.54. The molecule has 2 rings (SSSR count). The molecule has 132 valence electrons. The smallest absolute Gasteiger partial charge is 0.241 e. The molecule has 1 saturated heterocycles. The zero-order valence-corrected chi connectivity index (χ0v) is 14.9. The SMILES string of the molecule is C=CCNC(=O)CN(c1ccc(N2CCCCC2)cc1)S(C)(=O)=O. The van der Waals surface area contributed by atoms with Crippen molar-refractivity contribution in [2.24, 2.45) is 0 Å². The maximum atomic E-state index is 12.0. The monoisotopic (exact) mass is 351 g/mol. The number of carbonyl (C=O) groups excluding carboxylic acids is 1. The minimum Gasteiger partial charge on any atom is -0.372 e. The molecule has 24 heavy (non-hydrogen) atoms. The van der Waals surface area contributed by atoms with Crippen molar-refractivity contribution in [1.82, 2.24) is 5.32 Å². The highest BCUT2D eigenvalue weighted by molar-refractivity contribution is 7.92. The highest BCUT2D eigenvalue weighted by Crippen LogP contribution is 2.24. The average molecular weight is 351 g/mol. The summed E-state index contributed by atoms with van der Waals surface area (Å²) in [4.78, 5) is 14.2. The molecule has 0 saturated carbocycles. The standard InChI is InChI=1S/C17H25N3O3S/c1-3-11-18-17(21)14-20(24(2,22)23)16-9-7-15(8-10-16)19-12-5-4-6-13-19/h3,7-10H,1,4-6,11-14H2,2H3,(H,18,21). The second-order valence-corrected chi connectivity index (χ2v) is 7.83. The summed E-state index contributed by atoms with van der Waals surface area (Å²) in [5, 5.41) is 2.60. The van der Waals surface area contributed by atoms with E-state index in [1.807, 2.05) is 12.1 Å². The molecular formula is C17H25N3O3S. The fraction of sp³-hybridized carbons (Fsp3) is 0.471. The lowest BCUT2D eigenvalue weighted by atomic mass is 10.1. The van der Waals surface area contributed by atoms with E-state index in [2.05, 4.69) is 16.8 Å². The Morgan fingerprint density at radius 1 is 1.25 bits per heavy atom. The Bertz CT molecular complexity index is 665. The molecule has 1 heterocycles. The average Bonchev–Trinajstić information content (AvgIpc) is 2.58. The highest BCUT2D eigenvalue weighted by Gasteiger charge is 2.21. The Balaban J connectivity index is 2.14. The number of piperidine rings is 1. The molecule has 0 radical (unpaired) electrons. The summed E-state index contributed by atoms with van der Waals surface area (Å²) in [6.07, 6.45) is 6.28. The largest absolute Gasteiger partial charge is 0.372 e. The Kier molecular flexibility index (Phi) is 6.25. The molecule has 0 aliphatic carbocycles. The van der Waals surface area contributed by atoms with E-state index in [-0.39, 0.29) is 12.5 Å². The zero-order chi connectivity index (χ0) is 17.6. The number of rotatable bonds is 7. The van der Waals surface area contributed by atoms with Gasteiger partial charge >= 0.3 is 0 Å². The summed E-state index contributed by atoms with van der Waals surface area (Å²) in [6.45, 7) is 5.64. The van der Waals surface area contributed by atoms with E-state index >= 15 is 0 Å². The molecular weight excluding hydrogens is 326 g/mol. The van der Waals surface area contributed by atoms with Crippen molar-refractivity contribution in [3.63, 3.8) is 0 Å². The van der Waals surface area contributed by atoms with Crippen molar-refractivity contribution in [3.8, 4) is 0 Å². The van der Waals surface area contributed by atoms with Crippen LogP contribution in [0.25, 0.3) is 0 Å². The summed E-state index contributed by atoms with van der Waals surface area (Å²) < 4.78 is 25.2. The van der Waals surface area contributed by atoms with E-state index in [1.54, 1.807) is 18.2 Å². The maximum Gasteiger partial charge on any atom is 0.241 e. The van der Waals surface area contributed by atoms with Crippen LogP contribution in [-0.4, -0.2) is 46.8 Å². The lowest BCUT2D eigenvalue weighted by molar-refractivity contribution is -0.119. The number of nitrogens with zero attached hydrogens (tertiary/aromatic N) is 2. The van der Waals surface area contributed by atoms with Gasteiger partial charge in [0.05, 0.1) is 11.9 Å². The van der Waals surface area contributed by atoms with Crippen molar-refractivity contribution in [1.29, 1.82) is 0 Å². The quantitative estimate of drug-likeness (QED) is 0.760. The molecule has 0 aromatic heterocycles. The molecule has 0 bridgehead atoms. The number of hydrogen-bond acceptors (Lipinski definition) is 4. The second kappa shape index (κ2) is 8.19. The van der Waals surface area contributed by atoms with Crippen LogP contribution in [0.4, 0.5) is 11.4 Å². The van der Waals surface area contributed by atoms with E-state index in [9.17, 15) is 13.2 Å². The predicted molar refractivity (Wildman–Crippen MR) is 97.9 cm³/mol. The molecule has 1 amide bonds. The molecule has 1 aliphatic rings. The van der Waals surface area contributed by atoms with Crippen LogP contribution in [0.2, 0.25) is 0 Å². The number of hydrogen-bond donors (Lipinski definition) is 1. The topological polar surface area (TPSA) is 69.7 Å². The molecule has 0 atom stereocenters. The van der Waals surface area contributed by atoms with Gasteiger partial charge in [-0.05, 0) is 43.5 Å². The molecule has 1 fully saturated rings. The fourth-order valence-corrected chi connectivity index (χ4v) is 3.61. The van der Waals surface area contributed by atoms with Crippen molar-refractivity contribution < 1.29 is 13.2 Å². The van der Waals surface area contributed by atoms with Gasteiger partial charge in [-0.1, -0.05) is 6.08 Å². The van der Waals surface area contributed by atoms with Crippen molar-refractivity contribution in [3.05, 3.63) is 36.9 Å². The minimum absolute atomic E-state index is 0.240. The summed E-state index contributed by atoms with van der Waals surface area (Å²) in [6, 6.07) is 7.35. The number of nitrogens with one attached hydrogen (secondary N) is 1. The lowest BCUT2D eigenvalue weighted by Crippen LogP contribution is -2.40. The van der Waals surface area contributed by atoms with Crippen LogP contribution in [0.3, 0.4) is 0 Å². The molecule has 1 aromatic carbocycles. The fourth-order valence-electron chi connectivity index (χ4n) is 2.75. The third-order valence-corrected chi connectivity index (χ3v) is 5.13. The molecule has 1 N–H and O–H groups in total. The van der Waals surface area contributed by atoms with Crippen molar-refractivity contribution in [2.45, 2.75) is 19.3 Å². The maximum absolute atomic E-state index is 12.0. The van der Waals surface area contributed by atoms with Gasteiger partial charge in [0.1, 0.15) is 6.54 Å². The van der Waals surface area contributed by atoms with Crippen LogP contribution in [0.5, 0.6) is 0 Å². The van der Waals surface area contributed by atoms with Crippen LogP contribution < -0.4 is 14.5 Å². The third kappa shape index (κ3) is 4.99. The normalized spacial score (nSPS) is 15.0. The first-order valence-electron chi connectivity index (χ1n) is 8.12. The van der Waals surface area contributed by atoms with Gasteiger partial charge in [0.2, 0.25) is 15.9 Å². The molecule has 0 unspecified atom stereocenters. The predicted octanol–water partition coefficient (Wildman–Crippen LogP) is 1.75. The van der Waals surface area contributed by atoms with Crippen molar-refractivity contribution in [2.75, 3.05) is 41.6 Å². The summed E-state index contributed by atoms with van der Waals surface area (Å²) in [5.41, 5.74) is 1.58. The zero-order valence-electron chi connectivity index (χ0n) is 14.1. The first-order chi connectivity index (χ1) is 11.4. The number of amides is 1. The van der Waals surface area contributed by atoms with Gasteiger partial charge in [0.25, 0.3) is 0 Å². The molecule has 7 heteroatoms. The van der Waals surface area contributed by atoms with Crippen LogP contribution in [-0.2, 0) is 14.8 Å². The van der Waals surface area contributed by atoms with Crippen LogP contribution in [0, 0.1) is 0 Å². The number of carbonyl (C=O) groups is 1. The van der Waals surface area contributed by atoms with Crippen LogP contribution in [0.1, 0.15) is 19.3 Å². The van der Waals surface area contributed by atoms with Gasteiger partial charge < -0.3 is 10.2 Å². The van der Waals surface area contributed by atoms with Gasteiger partial charge in [-0.3, -0.25) is 9.10 Å². The first-order valence-corrected chi connectivity index (χ1v) is 9.97. The third-order valence-electron chi connectivity index (χ3n) is 3.99. The molecule has 1 aromatic rings. The summed E-state index contributed by atoms with van der Waals surface area (Å²) in [5.74, 6) is -0.361. The van der Waals surface area contributed by atoms with E-state index in [0.29, 0.717) is 12.2 Å². The van der Waals surface area contributed by atoms with Gasteiger partial charge in [-0.15, -0.1) is 6.58 Å². The molecule has 0 spiro atoms. The van der Waals surface area contributed by atoms with Crippen molar-refractivity contribution >= 4 is 27.3 Å². The second-order valence-electron chi connectivity index (χ2n) is 5.93. The number of anilines is 2.